The molecular weight excluding hydrogens is 298 g/mol. The van der Waals surface area contributed by atoms with Crippen molar-refractivity contribution in [3.8, 4) is 0 Å². The number of nitrogens with zero attached hydrogens (tertiary/aromatic N) is 2. The first kappa shape index (κ1) is 15.2. The Hall–Kier alpha value is -2.33. The van der Waals surface area contributed by atoms with E-state index >= 15 is 0 Å². The molecule has 4 heteroatoms. The summed E-state index contributed by atoms with van der Waals surface area (Å²) < 4.78 is 0. The molecule has 0 spiro atoms. The van der Waals surface area contributed by atoms with Gasteiger partial charge in [0, 0.05) is 44.8 Å². The Labute approximate surface area is 143 Å². The van der Waals surface area contributed by atoms with E-state index in [1.165, 1.54) is 16.8 Å². The minimum atomic E-state index is -0.0827. The van der Waals surface area contributed by atoms with Crippen molar-refractivity contribution in [1.29, 1.82) is 0 Å². The van der Waals surface area contributed by atoms with Crippen LogP contribution in [-0.2, 0) is 17.8 Å². The predicted molar refractivity (Wildman–Crippen MR) is 96.0 cm³/mol. The van der Waals surface area contributed by atoms with E-state index in [9.17, 15) is 4.79 Å². The highest BCUT2D eigenvalue weighted by molar-refractivity contribution is 5.88. The summed E-state index contributed by atoms with van der Waals surface area (Å²) in [6.07, 6.45) is 0.811. The van der Waals surface area contributed by atoms with E-state index in [1.807, 2.05) is 11.0 Å². The fourth-order valence-corrected chi connectivity index (χ4v) is 3.74. The average Bonchev–Trinajstić information content (AvgIpc) is 3.01. The van der Waals surface area contributed by atoms with Crippen LogP contribution >= 0.6 is 0 Å². The van der Waals surface area contributed by atoms with Gasteiger partial charge in [-0.15, -0.1) is 0 Å². The molecule has 2 aromatic rings. The highest BCUT2D eigenvalue weighted by Crippen LogP contribution is 2.34. The lowest BCUT2D eigenvalue weighted by Gasteiger charge is -2.34. The van der Waals surface area contributed by atoms with Gasteiger partial charge in [-0.2, -0.15) is 0 Å². The Kier molecular flexibility index (Phi) is 4.22. The summed E-state index contributed by atoms with van der Waals surface area (Å²) in [7, 11) is 0. The van der Waals surface area contributed by atoms with Crippen LogP contribution in [0.15, 0.2) is 54.6 Å². The number of rotatable bonds is 3. The molecule has 124 valence electrons. The van der Waals surface area contributed by atoms with E-state index in [1.54, 1.807) is 0 Å². The van der Waals surface area contributed by atoms with E-state index in [2.05, 4.69) is 58.7 Å². The van der Waals surface area contributed by atoms with Gasteiger partial charge in [-0.3, -0.25) is 4.79 Å². The van der Waals surface area contributed by atoms with Crippen molar-refractivity contribution in [2.75, 3.05) is 31.1 Å². The summed E-state index contributed by atoms with van der Waals surface area (Å²) in [5.74, 6) is 0.267. The van der Waals surface area contributed by atoms with Crippen molar-refractivity contribution in [3.63, 3.8) is 0 Å². The van der Waals surface area contributed by atoms with Crippen molar-refractivity contribution in [2.24, 2.45) is 0 Å². The summed E-state index contributed by atoms with van der Waals surface area (Å²) in [4.78, 5) is 17.4. The van der Waals surface area contributed by atoms with Crippen molar-refractivity contribution in [2.45, 2.75) is 19.0 Å². The van der Waals surface area contributed by atoms with Crippen molar-refractivity contribution in [3.05, 3.63) is 65.7 Å². The van der Waals surface area contributed by atoms with Crippen LogP contribution in [0.1, 0.15) is 11.1 Å². The molecule has 2 aromatic carbocycles. The van der Waals surface area contributed by atoms with Gasteiger partial charge in [0.2, 0.25) is 5.91 Å². The number of hydrogen-bond donors (Lipinski definition) is 1. The summed E-state index contributed by atoms with van der Waals surface area (Å²) in [5.41, 5.74) is 3.73. The Morgan fingerprint density at radius 2 is 1.71 bits per heavy atom. The van der Waals surface area contributed by atoms with Crippen LogP contribution in [0.5, 0.6) is 0 Å². The number of carbonyl (C=O) groups excluding carboxylic acids is 1. The van der Waals surface area contributed by atoms with Gasteiger partial charge in [-0.05, 0) is 17.2 Å². The van der Waals surface area contributed by atoms with Gasteiger partial charge in [0.25, 0.3) is 0 Å². The first-order chi connectivity index (χ1) is 11.8. The molecule has 0 aromatic heterocycles. The van der Waals surface area contributed by atoms with Crippen molar-refractivity contribution < 1.29 is 4.79 Å². The number of amides is 1. The molecule has 4 rings (SSSR count). The monoisotopic (exact) mass is 321 g/mol. The number of anilines is 1. The maximum atomic E-state index is 13.1. The van der Waals surface area contributed by atoms with Crippen LogP contribution in [0.2, 0.25) is 0 Å². The molecule has 0 aliphatic carbocycles. The van der Waals surface area contributed by atoms with Gasteiger partial charge in [0.05, 0.1) is 0 Å². The third-order valence-corrected chi connectivity index (χ3v) is 5.00. The summed E-state index contributed by atoms with van der Waals surface area (Å²) >= 11 is 0. The molecule has 2 aliphatic heterocycles. The fraction of sp³-hybridized carbons (Fsp3) is 0.350. The maximum Gasteiger partial charge on any atom is 0.245 e. The zero-order valence-corrected chi connectivity index (χ0v) is 13.8. The molecule has 1 saturated heterocycles. The molecule has 1 N–H and O–H groups in total. The van der Waals surface area contributed by atoms with Crippen LogP contribution in [0.3, 0.4) is 0 Å². The molecule has 1 amide bonds. The summed E-state index contributed by atoms with van der Waals surface area (Å²) in [6, 6.07) is 18.8. The third-order valence-electron chi connectivity index (χ3n) is 5.00. The zero-order valence-electron chi connectivity index (χ0n) is 13.8. The van der Waals surface area contributed by atoms with E-state index in [0.29, 0.717) is 0 Å². The third kappa shape index (κ3) is 2.89. The SMILES string of the molecule is O=C([C@@H]1Cc2ccccc2N1Cc1ccccc1)N1CCNCC1. The topological polar surface area (TPSA) is 35.6 Å². The molecule has 1 atom stereocenters. The molecule has 2 aliphatic rings. The molecule has 0 radical (unpaired) electrons. The molecule has 2 heterocycles. The van der Waals surface area contributed by atoms with Gasteiger partial charge in [0.1, 0.15) is 6.04 Å². The predicted octanol–water partition coefficient (Wildman–Crippen LogP) is 2.05. The van der Waals surface area contributed by atoms with Gasteiger partial charge >= 0.3 is 0 Å². The van der Waals surface area contributed by atoms with E-state index in [-0.39, 0.29) is 11.9 Å². The lowest BCUT2D eigenvalue weighted by Crippen LogP contribution is -2.53. The number of fused-ring (bicyclic) bond motifs is 1. The molecular formula is C20H23N3O. The van der Waals surface area contributed by atoms with Crippen molar-refractivity contribution >= 4 is 11.6 Å². The van der Waals surface area contributed by atoms with E-state index < -0.39 is 0 Å². The molecule has 24 heavy (non-hydrogen) atoms. The van der Waals surface area contributed by atoms with Crippen LogP contribution in [-0.4, -0.2) is 43.0 Å². The first-order valence-corrected chi connectivity index (χ1v) is 8.71. The minimum Gasteiger partial charge on any atom is -0.355 e. The van der Waals surface area contributed by atoms with Crippen LogP contribution in [0, 0.1) is 0 Å². The minimum absolute atomic E-state index is 0.0827. The molecule has 0 bridgehead atoms. The first-order valence-electron chi connectivity index (χ1n) is 8.71. The standard InChI is InChI=1S/C20H23N3O/c24-20(22-12-10-21-11-13-22)19-14-17-8-4-5-9-18(17)23(19)15-16-6-2-1-3-7-16/h1-9,19,21H,10-15H2/t19-/m0/s1. The molecule has 1 fully saturated rings. The number of para-hydroxylation sites is 1. The van der Waals surface area contributed by atoms with E-state index in [4.69, 9.17) is 0 Å². The Bertz CT molecular complexity index is 710. The summed E-state index contributed by atoms with van der Waals surface area (Å²) in [5, 5.41) is 3.32. The second-order valence-corrected chi connectivity index (χ2v) is 6.54. The fourth-order valence-electron chi connectivity index (χ4n) is 3.74. The number of benzene rings is 2. The van der Waals surface area contributed by atoms with E-state index in [0.717, 1.165) is 39.1 Å². The van der Waals surface area contributed by atoms with Gasteiger partial charge < -0.3 is 15.1 Å². The number of carbonyl (C=O) groups is 1. The lowest BCUT2D eigenvalue weighted by molar-refractivity contribution is -0.133. The lowest BCUT2D eigenvalue weighted by atomic mass is 10.1. The summed E-state index contributed by atoms with van der Waals surface area (Å²) in [6.45, 7) is 4.18. The van der Waals surface area contributed by atoms with Gasteiger partial charge in [-0.1, -0.05) is 48.5 Å². The molecule has 0 unspecified atom stereocenters. The van der Waals surface area contributed by atoms with Gasteiger partial charge in [0.15, 0.2) is 0 Å². The number of piperazine rings is 1. The number of hydrogen-bond acceptors (Lipinski definition) is 3. The Morgan fingerprint density at radius 1 is 1.00 bits per heavy atom. The Morgan fingerprint density at radius 3 is 2.50 bits per heavy atom. The van der Waals surface area contributed by atoms with Crippen LogP contribution in [0.25, 0.3) is 0 Å². The highest BCUT2D eigenvalue weighted by Gasteiger charge is 2.36. The van der Waals surface area contributed by atoms with Crippen molar-refractivity contribution in [1.82, 2.24) is 10.2 Å². The van der Waals surface area contributed by atoms with Crippen LogP contribution < -0.4 is 10.2 Å². The quantitative estimate of drug-likeness (QED) is 0.940. The Balaban J connectivity index is 1.61. The van der Waals surface area contributed by atoms with Gasteiger partial charge in [-0.25, -0.2) is 0 Å². The molecule has 0 saturated carbocycles. The smallest absolute Gasteiger partial charge is 0.245 e. The largest absolute Gasteiger partial charge is 0.355 e. The average molecular weight is 321 g/mol. The number of nitrogens with one attached hydrogen (secondary N) is 1. The second kappa shape index (κ2) is 6.65. The second-order valence-electron chi connectivity index (χ2n) is 6.54. The molecule has 4 nitrogen and oxygen atoms in total. The maximum absolute atomic E-state index is 13.1. The van der Waals surface area contributed by atoms with Crippen LogP contribution in [0.4, 0.5) is 5.69 Å². The highest BCUT2D eigenvalue weighted by atomic mass is 16.2. The normalized spacial score (nSPS) is 20.1. The zero-order chi connectivity index (χ0) is 16.4.